The highest BCUT2D eigenvalue weighted by Gasteiger charge is 2.30. The molecule has 0 radical (unpaired) electrons. The van der Waals surface area contributed by atoms with Crippen LogP contribution in [0, 0.1) is 0 Å². The third-order valence-electron chi connectivity index (χ3n) is 4.31. The summed E-state index contributed by atoms with van der Waals surface area (Å²) in [4.78, 5) is 39.1. The number of carbonyl (C=O) groups is 3. The van der Waals surface area contributed by atoms with Gasteiger partial charge in [0.1, 0.15) is 0 Å². The summed E-state index contributed by atoms with van der Waals surface area (Å²) in [5.74, 6) is -0.380. The first-order valence-corrected chi connectivity index (χ1v) is 9.12. The molecule has 0 aromatic heterocycles. The standard InChI is InChI=1S/C18H23BrN2O3/c1-3-11-20(13(2)14-6-4-5-7-15(14)19)18(24)10-12-21-16(22)8-9-17(21)23/h4-7,13H,3,8-12H2,1-2H3. The van der Waals surface area contributed by atoms with Crippen LogP contribution in [0.3, 0.4) is 0 Å². The van der Waals surface area contributed by atoms with Gasteiger partial charge in [-0.3, -0.25) is 19.3 Å². The van der Waals surface area contributed by atoms with Gasteiger partial charge in [0.2, 0.25) is 17.7 Å². The van der Waals surface area contributed by atoms with Crippen molar-refractivity contribution in [2.45, 2.75) is 45.6 Å². The van der Waals surface area contributed by atoms with Gasteiger partial charge in [-0.25, -0.2) is 0 Å². The molecule has 0 bridgehead atoms. The second-order valence-corrected chi connectivity index (χ2v) is 6.83. The summed E-state index contributed by atoms with van der Waals surface area (Å²) < 4.78 is 0.969. The molecule has 1 heterocycles. The van der Waals surface area contributed by atoms with Crippen LogP contribution in [0.4, 0.5) is 0 Å². The van der Waals surface area contributed by atoms with Crippen molar-refractivity contribution in [3.05, 3.63) is 34.3 Å². The van der Waals surface area contributed by atoms with Gasteiger partial charge in [-0.2, -0.15) is 0 Å². The number of hydrogen-bond acceptors (Lipinski definition) is 3. The highest BCUT2D eigenvalue weighted by Crippen LogP contribution is 2.28. The van der Waals surface area contributed by atoms with Crippen molar-refractivity contribution < 1.29 is 14.4 Å². The van der Waals surface area contributed by atoms with Crippen molar-refractivity contribution in [2.75, 3.05) is 13.1 Å². The molecule has 130 valence electrons. The van der Waals surface area contributed by atoms with Gasteiger partial charge in [-0.15, -0.1) is 0 Å². The number of carbonyl (C=O) groups excluding carboxylic acids is 3. The van der Waals surface area contributed by atoms with Crippen LogP contribution in [0.2, 0.25) is 0 Å². The van der Waals surface area contributed by atoms with E-state index in [9.17, 15) is 14.4 Å². The Balaban J connectivity index is 2.06. The molecule has 1 fully saturated rings. The van der Waals surface area contributed by atoms with Gasteiger partial charge < -0.3 is 4.90 Å². The molecule has 0 spiro atoms. The van der Waals surface area contributed by atoms with E-state index in [-0.39, 0.29) is 49.6 Å². The number of imide groups is 1. The third-order valence-corrected chi connectivity index (χ3v) is 5.03. The van der Waals surface area contributed by atoms with E-state index in [2.05, 4.69) is 15.9 Å². The number of amides is 3. The van der Waals surface area contributed by atoms with E-state index in [1.54, 1.807) is 0 Å². The van der Waals surface area contributed by atoms with E-state index in [0.717, 1.165) is 16.5 Å². The Bertz CT molecular complexity index is 616. The van der Waals surface area contributed by atoms with Gasteiger partial charge in [0.05, 0.1) is 6.04 Å². The molecule has 5 nitrogen and oxygen atoms in total. The molecule has 0 N–H and O–H groups in total. The molecule has 1 aromatic rings. The topological polar surface area (TPSA) is 57.7 Å². The van der Waals surface area contributed by atoms with Crippen molar-refractivity contribution in [1.29, 1.82) is 0 Å². The predicted octanol–water partition coefficient (Wildman–Crippen LogP) is 3.29. The number of halogens is 1. The molecule has 2 rings (SSSR count). The molecule has 24 heavy (non-hydrogen) atoms. The zero-order valence-electron chi connectivity index (χ0n) is 14.1. The SMILES string of the molecule is CCCN(C(=O)CCN1C(=O)CCC1=O)C(C)c1ccccc1Br. The number of hydrogen-bond donors (Lipinski definition) is 0. The second-order valence-electron chi connectivity index (χ2n) is 5.97. The molecule has 1 aliphatic rings. The van der Waals surface area contributed by atoms with Gasteiger partial charge in [-0.1, -0.05) is 41.1 Å². The van der Waals surface area contributed by atoms with E-state index >= 15 is 0 Å². The largest absolute Gasteiger partial charge is 0.336 e. The fraction of sp³-hybridized carbons (Fsp3) is 0.500. The van der Waals surface area contributed by atoms with Crippen LogP contribution in [-0.2, 0) is 14.4 Å². The summed E-state index contributed by atoms with van der Waals surface area (Å²) >= 11 is 3.54. The zero-order valence-corrected chi connectivity index (χ0v) is 15.7. The number of likely N-dealkylation sites (tertiary alicyclic amines) is 1. The summed E-state index contributed by atoms with van der Waals surface area (Å²) in [5, 5.41) is 0. The second kappa shape index (κ2) is 8.42. The Morgan fingerprint density at radius 3 is 2.46 bits per heavy atom. The summed E-state index contributed by atoms with van der Waals surface area (Å²) in [5.41, 5.74) is 1.05. The fourth-order valence-corrected chi connectivity index (χ4v) is 3.60. The lowest BCUT2D eigenvalue weighted by Gasteiger charge is -2.30. The monoisotopic (exact) mass is 394 g/mol. The van der Waals surface area contributed by atoms with Gasteiger partial charge >= 0.3 is 0 Å². The number of nitrogens with zero attached hydrogens (tertiary/aromatic N) is 2. The minimum absolute atomic E-state index is 0.0346. The first-order valence-electron chi connectivity index (χ1n) is 8.32. The van der Waals surface area contributed by atoms with Crippen molar-refractivity contribution in [1.82, 2.24) is 9.80 Å². The minimum atomic E-state index is -0.173. The third kappa shape index (κ3) is 4.23. The van der Waals surface area contributed by atoms with Gasteiger partial charge in [0.15, 0.2) is 0 Å². The van der Waals surface area contributed by atoms with E-state index in [1.165, 1.54) is 4.90 Å². The lowest BCUT2D eigenvalue weighted by molar-refractivity contribution is -0.139. The van der Waals surface area contributed by atoms with Crippen LogP contribution in [0.25, 0.3) is 0 Å². The first-order chi connectivity index (χ1) is 11.5. The maximum atomic E-state index is 12.7. The lowest BCUT2D eigenvalue weighted by atomic mass is 10.1. The van der Waals surface area contributed by atoms with Crippen LogP contribution in [0.15, 0.2) is 28.7 Å². The van der Waals surface area contributed by atoms with Crippen LogP contribution in [0.5, 0.6) is 0 Å². The van der Waals surface area contributed by atoms with E-state index in [0.29, 0.717) is 6.54 Å². The summed E-state index contributed by atoms with van der Waals surface area (Å²) in [6.45, 7) is 4.85. The Labute approximate surface area is 151 Å². The molecule has 6 heteroatoms. The Kier molecular flexibility index (Phi) is 6.54. The molecular weight excluding hydrogens is 372 g/mol. The summed E-state index contributed by atoms with van der Waals surface area (Å²) in [6, 6.07) is 7.78. The quantitative estimate of drug-likeness (QED) is 0.666. The van der Waals surface area contributed by atoms with E-state index in [1.807, 2.05) is 43.0 Å². The molecule has 1 aromatic carbocycles. The lowest BCUT2D eigenvalue weighted by Crippen LogP contribution is -2.38. The molecule has 1 atom stereocenters. The first kappa shape index (κ1) is 18.6. The maximum absolute atomic E-state index is 12.7. The highest BCUT2D eigenvalue weighted by molar-refractivity contribution is 9.10. The molecule has 0 aliphatic carbocycles. The normalized spacial score (nSPS) is 15.7. The van der Waals surface area contributed by atoms with Crippen LogP contribution < -0.4 is 0 Å². The van der Waals surface area contributed by atoms with Crippen LogP contribution >= 0.6 is 15.9 Å². The van der Waals surface area contributed by atoms with Crippen molar-refractivity contribution in [3.8, 4) is 0 Å². The van der Waals surface area contributed by atoms with Crippen molar-refractivity contribution in [3.63, 3.8) is 0 Å². The molecule has 1 saturated heterocycles. The Morgan fingerprint density at radius 1 is 1.25 bits per heavy atom. The smallest absolute Gasteiger partial charge is 0.229 e. The Hall–Kier alpha value is -1.69. The molecule has 1 unspecified atom stereocenters. The molecule has 0 saturated carbocycles. The van der Waals surface area contributed by atoms with E-state index < -0.39 is 0 Å². The van der Waals surface area contributed by atoms with Crippen molar-refractivity contribution in [2.24, 2.45) is 0 Å². The number of rotatable bonds is 7. The van der Waals surface area contributed by atoms with Crippen LogP contribution in [0.1, 0.15) is 51.1 Å². The molecule has 3 amide bonds. The van der Waals surface area contributed by atoms with E-state index in [4.69, 9.17) is 0 Å². The number of benzene rings is 1. The average molecular weight is 395 g/mol. The van der Waals surface area contributed by atoms with Crippen molar-refractivity contribution >= 4 is 33.7 Å². The Morgan fingerprint density at radius 2 is 1.88 bits per heavy atom. The predicted molar refractivity (Wildman–Crippen MR) is 95.1 cm³/mol. The molecule has 1 aliphatic heterocycles. The molecular formula is C18H23BrN2O3. The minimum Gasteiger partial charge on any atom is -0.336 e. The average Bonchev–Trinajstić information content (AvgIpc) is 2.88. The van der Waals surface area contributed by atoms with Gasteiger partial charge in [0.25, 0.3) is 0 Å². The maximum Gasteiger partial charge on any atom is 0.229 e. The fourth-order valence-electron chi connectivity index (χ4n) is 2.98. The zero-order chi connectivity index (χ0) is 17.7. The summed E-state index contributed by atoms with van der Waals surface area (Å²) in [6.07, 6.45) is 1.55. The van der Waals surface area contributed by atoms with Gasteiger partial charge in [-0.05, 0) is 25.0 Å². The van der Waals surface area contributed by atoms with Crippen LogP contribution in [-0.4, -0.2) is 40.6 Å². The highest BCUT2D eigenvalue weighted by atomic mass is 79.9. The summed E-state index contributed by atoms with van der Waals surface area (Å²) in [7, 11) is 0. The van der Waals surface area contributed by atoms with Gasteiger partial charge in [0, 0.05) is 36.8 Å².